The number of thiazole rings is 1. The predicted octanol–water partition coefficient (Wildman–Crippen LogP) is 2.08. The maximum absolute atomic E-state index is 11.6. The zero-order valence-electron chi connectivity index (χ0n) is 9.56. The Morgan fingerprint density at radius 2 is 2.35 bits per heavy atom. The quantitative estimate of drug-likeness (QED) is 0.875. The molecule has 2 aromatic heterocycles. The van der Waals surface area contributed by atoms with Gasteiger partial charge in [0.25, 0.3) is 0 Å². The highest BCUT2D eigenvalue weighted by Gasteiger charge is 2.22. The molecule has 2 heterocycles. The zero-order valence-corrected chi connectivity index (χ0v) is 10.4. The van der Waals surface area contributed by atoms with E-state index in [1.807, 2.05) is 11.4 Å². The number of hydrogen-bond donors (Lipinski definition) is 2. The van der Waals surface area contributed by atoms with E-state index < -0.39 is 5.54 Å². The summed E-state index contributed by atoms with van der Waals surface area (Å²) >= 11 is 1.33. The van der Waals surface area contributed by atoms with E-state index >= 15 is 0 Å². The maximum Gasteiger partial charge on any atom is 0.245 e. The second-order valence-electron chi connectivity index (χ2n) is 4.19. The molecule has 0 unspecified atom stereocenters. The van der Waals surface area contributed by atoms with Crippen LogP contribution < -0.4 is 11.1 Å². The SMILES string of the molecule is CC(C)(N)C(=O)Nc1nc(-c2ccco2)cs1. The fraction of sp³-hybridized carbons (Fsp3) is 0.273. The minimum absolute atomic E-state index is 0.266. The van der Waals surface area contributed by atoms with Crippen LogP contribution >= 0.6 is 11.3 Å². The van der Waals surface area contributed by atoms with Gasteiger partial charge in [0.1, 0.15) is 5.69 Å². The Kier molecular flexibility index (Phi) is 2.99. The van der Waals surface area contributed by atoms with Crippen LogP contribution in [-0.2, 0) is 4.79 Å². The Morgan fingerprint density at radius 3 is 2.94 bits per heavy atom. The number of hydrogen-bond acceptors (Lipinski definition) is 5. The van der Waals surface area contributed by atoms with Crippen LogP contribution in [0.4, 0.5) is 5.13 Å². The van der Waals surface area contributed by atoms with Gasteiger partial charge in [-0.05, 0) is 26.0 Å². The third-order valence-corrected chi connectivity index (χ3v) is 2.84. The van der Waals surface area contributed by atoms with Crippen LogP contribution in [0.1, 0.15) is 13.8 Å². The number of nitrogens with one attached hydrogen (secondary N) is 1. The van der Waals surface area contributed by atoms with Crippen molar-refractivity contribution < 1.29 is 9.21 Å². The van der Waals surface area contributed by atoms with Gasteiger partial charge in [0.2, 0.25) is 5.91 Å². The third-order valence-electron chi connectivity index (χ3n) is 2.08. The average molecular weight is 251 g/mol. The Balaban J connectivity index is 2.12. The largest absolute Gasteiger partial charge is 0.463 e. The van der Waals surface area contributed by atoms with Crippen molar-refractivity contribution in [3.05, 3.63) is 23.8 Å². The van der Waals surface area contributed by atoms with E-state index in [0.717, 1.165) is 0 Å². The molecule has 0 bridgehead atoms. The van der Waals surface area contributed by atoms with Crippen LogP contribution in [-0.4, -0.2) is 16.4 Å². The van der Waals surface area contributed by atoms with Gasteiger partial charge in [0.05, 0.1) is 11.8 Å². The van der Waals surface area contributed by atoms with Gasteiger partial charge in [-0.1, -0.05) is 0 Å². The smallest absolute Gasteiger partial charge is 0.245 e. The van der Waals surface area contributed by atoms with Crippen molar-refractivity contribution in [2.24, 2.45) is 5.73 Å². The zero-order chi connectivity index (χ0) is 12.5. The predicted molar refractivity (Wildman–Crippen MR) is 66.7 cm³/mol. The lowest BCUT2D eigenvalue weighted by Gasteiger charge is -2.16. The highest BCUT2D eigenvalue weighted by atomic mass is 32.1. The lowest BCUT2D eigenvalue weighted by Crippen LogP contribution is -2.45. The standard InChI is InChI=1S/C11H13N3O2S/c1-11(2,12)9(15)14-10-13-7(6-17-10)8-4-3-5-16-8/h3-6H,12H2,1-2H3,(H,13,14,15). The molecule has 90 valence electrons. The van der Waals surface area contributed by atoms with Crippen molar-refractivity contribution in [3.63, 3.8) is 0 Å². The lowest BCUT2D eigenvalue weighted by molar-refractivity contribution is -0.120. The molecular weight excluding hydrogens is 238 g/mol. The van der Waals surface area contributed by atoms with Crippen LogP contribution in [0.5, 0.6) is 0 Å². The van der Waals surface area contributed by atoms with Gasteiger partial charge in [-0.2, -0.15) is 0 Å². The highest BCUT2D eigenvalue weighted by Crippen LogP contribution is 2.25. The summed E-state index contributed by atoms with van der Waals surface area (Å²) < 4.78 is 5.21. The molecule has 0 saturated heterocycles. The second kappa shape index (κ2) is 4.31. The second-order valence-corrected chi connectivity index (χ2v) is 5.05. The van der Waals surface area contributed by atoms with E-state index in [-0.39, 0.29) is 5.91 Å². The number of aromatic nitrogens is 1. The summed E-state index contributed by atoms with van der Waals surface area (Å²) in [6.45, 7) is 3.28. The Hall–Kier alpha value is -1.66. The van der Waals surface area contributed by atoms with E-state index in [9.17, 15) is 4.79 Å². The Morgan fingerprint density at radius 1 is 1.59 bits per heavy atom. The number of nitrogens with two attached hydrogens (primary N) is 1. The van der Waals surface area contributed by atoms with Gasteiger partial charge in [0.15, 0.2) is 10.9 Å². The van der Waals surface area contributed by atoms with Crippen LogP contribution in [0, 0.1) is 0 Å². The van der Waals surface area contributed by atoms with Crippen LogP contribution in [0.25, 0.3) is 11.5 Å². The van der Waals surface area contributed by atoms with Gasteiger partial charge in [-0.3, -0.25) is 4.79 Å². The average Bonchev–Trinajstić information content (AvgIpc) is 2.83. The number of furan rings is 1. The van der Waals surface area contributed by atoms with Crippen molar-refractivity contribution in [2.45, 2.75) is 19.4 Å². The molecule has 6 heteroatoms. The molecule has 0 aliphatic carbocycles. The highest BCUT2D eigenvalue weighted by molar-refractivity contribution is 7.14. The number of nitrogens with zero attached hydrogens (tertiary/aromatic N) is 1. The molecule has 2 rings (SSSR count). The summed E-state index contributed by atoms with van der Waals surface area (Å²) in [6.07, 6.45) is 1.58. The fourth-order valence-corrected chi connectivity index (χ4v) is 1.82. The third kappa shape index (κ3) is 2.72. The summed E-state index contributed by atoms with van der Waals surface area (Å²) in [7, 11) is 0. The number of rotatable bonds is 3. The summed E-state index contributed by atoms with van der Waals surface area (Å²) in [5.74, 6) is 0.409. The topological polar surface area (TPSA) is 81.2 Å². The molecule has 0 atom stereocenters. The van der Waals surface area contributed by atoms with E-state index in [1.54, 1.807) is 26.2 Å². The normalized spacial score (nSPS) is 11.5. The molecule has 17 heavy (non-hydrogen) atoms. The minimum Gasteiger partial charge on any atom is -0.463 e. The van der Waals surface area contributed by atoms with E-state index in [2.05, 4.69) is 10.3 Å². The van der Waals surface area contributed by atoms with Gasteiger partial charge in [-0.25, -0.2) is 4.98 Å². The van der Waals surface area contributed by atoms with E-state index in [1.165, 1.54) is 11.3 Å². The molecule has 0 aliphatic rings. The lowest BCUT2D eigenvalue weighted by atomic mass is 10.1. The molecule has 0 fully saturated rings. The number of anilines is 1. The number of carbonyl (C=O) groups is 1. The van der Waals surface area contributed by atoms with Crippen molar-refractivity contribution in [3.8, 4) is 11.5 Å². The number of carbonyl (C=O) groups excluding carboxylic acids is 1. The van der Waals surface area contributed by atoms with Crippen molar-refractivity contribution >= 4 is 22.4 Å². The van der Waals surface area contributed by atoms with E-state index in [0.29, 0.717) is 16.6 Å². The monoisotopic (exact) mass is 251 g/mol. The number of amides is 1. The molecular formula is C11H13N3O2S. The maximum atomic E-state index is 11.6. The molecule has 0 aromatic carbocycles. The summed E-state index contributed by atoms with van der Waals surface area (Å²) in [5, 5.41) is 5.00. The molecule has 0 aliphatic heterocycles. The molecule has 1 amide bonds. The summed E-state index contributed by atoms with van der Waals surface area (Å²) in [4.78, 5) is 15.9. The summed E-state index contributed by atoms with van der Waals surface area (Å²) in [6, 6.07) is 3.60. The Labute approximate surface area is 103 Å². The van der Waals surface area contributed by atoms with Gasteiger partial charge in [-0.15, -0.1) is 11.3 Å². The van der Waals surface area contributed by atoms with Gasteiger partial charge in [0, 0.05) is 5.38 Å². The van der Waals surface area contributed by atoms with Gasteiger partial charge >= 0.3 is 0 Å². The van der Waals surface area contributed by atoms with Crippen molar-refractivity contribution in [1.82, 2.24) is 4.98 Å². The van der Waals surface area contributed by atoms with Crippen LogP contribution in [0.3, 0.4) is 0 Å². The first-order valence-electron chi connectivity index (χ1n) is 5.06. The molecule has 0 spiro atoms. The molecule has 2 aromatic rings. The first-order chi connectivity index (χ1) is 7.97. The van der Waals surface area contributed by atoms with Crippen LogP contribution in [0.15, 0.2) is 28.2 Å². The first-order valence-corrected chi connectivity index (χ1v) is 5.94. The van der Waals surface area contributed by atoms with Crippen molar-refractivity contribution in [2.75, 3.05) is 5.32 Å². The fourth-order valence-electron chi connectivity index (χ4n) is 1.13. The van der Waals surface area contributed by atoms with E-state index in [4.69, 9.17) is 10.2 Å². The molecule has 5 nitrogen and oxygen atoms in total. The van der Waals surface area contributed by atoms with Crippen molar-refractivity contribution in [1.29, 1.82) is 0 Å². The molecule has 0 radical (unpaired) electrons. The van der Waals surface area contributed by atoms with Crippen LogP contribution in [0.2, 0.25) is 0 Å². The van der Waals surface area contributed by atoms with Gasteiger partial charge < -0.3 is 15.5 Å². The molecule has 0 saturated carbocycles. The minimum atomic E-state index is -0.920. The summed E-state index contributed by atoms with van der Waals surface area (Å²) in [5.41, 5.74) is 5.45. The molecule has 3 N–H and O–H groups in total. The Bertz CT molecular complexity index is 511. The first kappa shape index (κ1) is 11.8.